The van der Waals surface area contributed by atoms with Crippen molar-refractivity contribution in [2.45, 2.75) is 13.3 Å². The van der Waals surface area contributed by atoms with Crippen LogP contribution in [0.3, 0.4) is 0 Å². The number of anilines is 1. The van der Waals surface area contributed by atoms with Crippen molar-refractivity contribution in [3.63, 3.8) is 0 Å². The summed E-state index contributed by atoms with van der Waals surface area (Å²) in [6.45, 7) is 2.41. The number of nitrogens with zero attached hydrogens (tertiary/aromatic N) is 2. The Balaban J connectivity index is 1.66. The summed E-state index contributed by atoms with van der Waals surface area (Å²) in [5.41, 5.74) is 2.31. The quantitative estimate of drug-likeness (QED) is 0.677. The summed E-state index contributed by atoms with van der Waals surface area (Å²) >= 11 is 5.95. The Morgan fingerprint density at radius 2 is 1.89 bits per heavy atom. The van der Waals surface area contributed by atoms with Gasteiger partial charge in [-0.3, -0.25) is 4.79 Å². The Morgan fingerprint density at radius 3 is 2.52 bits per heavy atom. The SMILES string of the molecule is CCOc1ccc(-c2ccc(NC(=O)Cc3c(F)cccc3Cl)cc2)nn1. The van der Waals surface area contributed by atoms with Crippen LogP contribution in [0.5, 0.6) is 5.88 Å². The van der Waals surface area contributed by atoms with Crippen molar-refractivity contribution in [2.75, 3.05) is 11.9 Å². The van der Waals surface area contributed by atoms with Crippen molar-refractivity contribution < 1.29 is 13.9 Å². The highest BCUT2D eigenvalue weighted by Crippen LogP contribution is 2.22. The molecule has 0 unspecified atom stereocenters. The van der Waals surface area contributed by atoms with E-state index in [4.69, 9.17) is 16.3 Å². The molecule has 7 heteroatoms. The topological polar surface area (TPSA) is 64.1 Å². The number of carbonyl (C=O) groups excluding carboxylic acids is 1. The Kier molecular flexibility index (Phi) is 5.98. The molecule has 27 heavy (non-hydrogen) atoms. The van der Waals surface area contributed by atoms with Gasteiger partial charge in [0.05, 0.1) is 18.7 Å². The van der Waals surface area contributed by atoms with Gasteiger partial charge in [-0.25, -0.2) is 4.39 Å². The maximum absolute atomic E-state index is 13.8. The maximum atomic E-state index is 13.8. The molecule has 0 aliphatic heterocycles. The normalized spacial score (nSPS) is 10.5. The minimum atomic E-state index is -0.498. The number of hydrogen-bond acceptors (Lipinski definition) is 4. The van der Waals surface area contributed by atoms with Crippen molar-refractivity contribution in [2.24, 2.45) is 0 Å². The van der Waals surface area contributed by atoms with E-state index in [2.05, 4.69) is 15.5 Å². The Hall–Kier alpha value is -2.99. The van der Waals surface area contributed by atoms with Gasteiger partial charge in [0.15, 0.2) is 0 Å². The summed E-state index contributed by atoms with van der Waals surface area (Å²) in [5, 5.41) is 11.1. The van der Waals surface area contributed by atoms with E-state index in [0.29, 0.717) is 23.9 Å². The maximum Gasteiger partial charge on any atom is 0.233 e. The highest BCUT2D eigenvalue weighted by atomic mass is 35.5. The smallest absolute Gasteiger partial charge is 0.233 e. The second-order valence-corrected chi connectivity index (χ2v) is 6.10. The van der Waals surface area contributed by atoms with E-state index in [1.165, 1.54) is 12.1 Å². The van der Waals surface area contributed by atoms with E-state index >= 15 is 0 Å². The van der Waals surface area contributed by atoms with Crippen LogP contribution in [0.2, 0.25) is 5.02 Å². The second-order valence-electron chi connectivity index (χ2n) is 5.69. The van der Waals surface area contributed by atoms with Crippen molar-refractivity contribution >= 4 is 23.2 Å². The number of ether oxygens (including phenoxy) is 1. The summed E-state index contributed by atoms with van der Waals surface area (Å²) < 4.78 is 19.0. The van der Waals surface area contributed by atoms with Gasteiger partial charge in [-0.15, -0.1) is 10.2 Å². The average molecular weight is 386 g/mol. The van der Waals surface area contributed by atoms with Gasteiger partial charge in [0.2, 0.25) is 11.8 Å². The summed E-state index contributed by atoms with van der Waals surface area (Å²) in [6, 6.07) is 15.0. The van der Waals surface area contributed by atoms with Crippen LogP contribution in [0.1, 0.15) is 12.5 Å². The highest BCUT2D eigenvalue weighted by Gasteiger charge is 2.12. The third-order valence-electron chi connectivity index (χ3n) is 3.80. The molecule has 0 fully saturated rings. The molecular weight excluding hydrogens is 369 g/mol. The molecule has 3 rings (SSSR count). The van der Waals surface area contributed by atoms with Crippen LogP contribution in [0.4, 0.5) is 10.1 Å². The van der Waals surface area contributed by atoms with Crippen LogP contribution in [-0.2, 0) is 11.2 Å². The van der Waals surface area contributed by atoms with E-state index in [1.54, 1.807) is 24.3 Å². The van der Waals surface area contributed by atoms with Gasteiger partial charge in [0, 0.05) is 27.9 Å². The lowest BCUT2D eigenvalue weighted by molar-refractivity contribution is -0.115. The zero-order valence-electron chi connectivity index (χ0n) is 14.6. The Bertz CT molecular complexity index is 911. The lowest BCUT2D eigenvalue weighted by Crippen LogP contribution is -2.15. The molecule has 0 saturated carbocycles. The van der Waals surface area contributed by atoms with Gasteiger partial charge in [-0.2, -0.15) is 0 Å². The van der Waals surface area contributed by atoms with Crippen molar-refractivity contribution in [1.82, 2.24) is 10.2 Å². The minimum absolute atomic E-state index is 0.141. The molecule has 0 aliphatic rings. The van der Waals surface area contributed by atoms with Crippen LogP contribution in [0, 0.1) is 5.82 Å². The van der Waals surface area contributed by atoms with Gasteiger partial charge >= 0.3 is 0 Å². The number of benzene rings is 2. The average Bonchev–Trinajstić information content (AvgIpc) is 2.66. The number of rotatable bonds is 6. The fourth-order valence-corrected chi connectivity index (χ4v) is 2.72. The first-order valence-corrected chi connectivity index (χ1v) is 8.74. The number of amides is 1. The van der Waals surface area contributed by atoms with Crippen LogP contribution in [-0.4, -0.2) is 22.7 Å². The first kappa shape index (κ1) is 18.8. The molecule has 2 aromatic carbocycles. The summed E-state index contributed by atoms with van der Waals surface area (Å²) in [6.07, 6.45) is -0.141. The number of aromatic nitrogens is 2. The van der Waals surface area contributed by atoms with E-state index in [9.17, 15) is 9.18 Å². The first-order chi connectivity index (χ1) is 13.1. The molecule has 1 amide bonds. The molecule has 0 saturated heterocycles. The highest BCUT2D eigenvalue weighted by molar-refractivity contribution is 6.31. The predicted molar refractivity (Wildman–Crippen MR) is 102 cm³/mol. The van der Waals surface area contributed by atoms with E-state index in [1.807, 2.05) is 25.1 Å². The molecule has 0 radical (unpaired) electrons. The number of hydrogen-bond donors (Lipinski definition) is 1. The van der Waals surface area contributed by atoms with Crippen molar-refractivity contribution in [1.29, 1.82) is 0 Å². The molecule has 0 bridgehead atoms. The largest absolute Gasteiger partial charge is 0.477 e. The van der Waals surface area contributed by atoms with E-state index in [0.717, 1.165) is 5.56 Å². The fourth-order valence-electron chi connectivity index (χ4n) is 2.49. The van der Waals surface area contributed by atoms with Gasteiger partial charge < -0.3 is 10.1 Å². The van der Waals surface area contributed by atoms with Gasteiger partial charge in [-0.05, 0) is 37.3 Å². The molecule has 0 spiro atoms. The van der Waals surface area contributed by atoms with E-state index < -0.39 is 5.82 Å². The molecule has 1 aromatic heterocycles. The van der Waals surface area contributed by atoms with Gasteiger partial charge in [0.25, 0.3) is 0 Å². The minimum Gasteiger partial charge on any atom is -0.477 e. The lowest BCUT2D eigenvalue weighted by atomic mass is 10.1. The molecular formula is C20H17ClFN3O2. The molecule has 0 aliphatic carbocycles. The molecule has 138 valence electrons. The molecule has 0 atom stereocenters. The zero-order valence-corrected chi connectivity index (χ0v) is 15.3. The number of halogens is 2. The van der Waals surface area contributed by atoms with E-state index in [-0.39, 0.29) is 22.9 Å². The second kappa shape index (κ2) is 8.60. The lowest BCUT2D eigenvalue weighted by Gasteiger charge is -2.08. The molecule has 1 heterocycles. The standard InChI is InChI=1S/C20H17ClFN3O2/c1-2-27-20-11-10-18(24-25-20)13-6-8-14(9-7-13)23-19(26)12-15-16(21)4-3-5-17(15)22/h3-11H,2,12H2,1H3,(H,23,26). The third kappa shape index (κ3) is 4.80. The van der Waals surface area contributed by atoms with Gasteiger partial charge in [0.1, 0.15) is 5.82 Å². The predicted octanol–water partition coefficient (Wildman–Crippen LogP) is 4.52. The van der Waals surface area contributed by atoms with Crippen molar-refractivity contribution in [3.8, 4) is 17.1 Å². The number of carbonyl (C=O) groups is 1. The monoisotopic (exact) mass is 385 g/mol. The zero-order chi connectivity index (χ0) is 19.2. The molecule has 5 nitrogen and oxygen atoms in total. The summed E-state index contributed by atoms with van der Waals surface area (Å²) in [5.74, 6) is -0.380. The molecule has 1 N–H and O–H groups in total. The van der Waals surface area contributed by atoms with Crippen LogP contribution >= 0.6 is 11.6 Å². The van der Waals surface area contributed by atoms with Gasteiger partial charge in [-0.1, -0.05) is 29.8 Å². The summed E-state index contributed by atoms with van der Waals surface area (Å²) in [4.78, 5) is 12.2. The van der Waals surface area contributed by atoms with Crippen LogP contribution in [0.15, 0.2) is 54.6 Å². The first-order valence-electron chi connectivity index (χ1n) is 8.36. The molecule has 3 aromatic rings. The Labute approximate surface area is 161 Å². The van der Waals surface area contributed by atoms with Crippen LogP contribution < -0.4 is 10.1 Å². The fraction of sp³-hybridized carbons (Fsp3) is 0.150. The van der Waals surface area contributed by atoms with Crippen molar-refractivity contribution in [3.05, 3.63) is 71.0 Å². The number of nitrogens with one attached hydrogen (secondary N) is 1. The Morgan fingerprint density at radius 1 is 1.11 bits per heavy atom. The third-order valence-corrected chi connectivity index (χ3v) is 4.15. The summed E-state index contributed by atoms with van der Waals surface area (Å²) in [7, 11) is 0. The van der Waals surface area contributed by atoms with Crippen LogP contribution in [0.25, 0.3) is 11.3 Å².